The van der Waals surface area contributed by atoms with E-state index in [-0.39, 0.29) is 23.1 Å². The molecule has 2 rings (SSSR count). The predicted molar refractivity (Wildman–Crippen MR) is 81.7 cm³/mol. The minimum absolute atomic E-state index is 0.193. The van der Waals surface area contributed by atoms with Gasteiger partial charge in [0.1, 0.15) is 11.6 Å². The smallest absolute Gasteiger partial charge is 0.251 e. The summed E-state index contributed by atoms with van der Waals surface area (Å²) in [7, 11) is 0. The molecule has 0 aromatic heterocycles. The van der Waals surface area contributed by atoms with Gasteiger partial charge in [-0.2, -0.15) is 0 Å². The van der Waals surface area contributed by atoms with Crippen LogP contribution < -0.4 is 11.1 Å². The number of hydrogen-bond donors (Lipinski definition) is 4. The largest absolute Gasteiger partial charge is 0.507 e. The number of amides is 1. The molecular formula is C15H14ClN3O2. The number of phenolic OH excluding ortho intramolecular Hbond substituents is 1. The Morgan fingerprint density at radius 3 is 2.48 bits per heavy atom. The third kappa shape index (κ3) is 3.73. The fraction of sp³-hybridized carbons (Fsp3) is 0.0667. The monoisotopic (exact) mass is 303 g/mol. The highest BCUT2D eigenvalue weighted by molar-refractivity contribution is 6.30. The van der Waals surface area contributed by atoms with Crippen LogP contribution in [0.4, 0.5) is 0 Å². The minimum atomic E-state index is -0.324. The fourth-order valence-corrected chi connectivity index (χ4v) is 1.91. The summed E-state index contributed by atoms with van der Waals surface area (Å²) in [6, 6.07) is 11.4. The predicted octanol–water partition coefficient (Wildman–Crippen LogP) is 2.26. The minimum Gasteiger partial charge on any atom is -0.507 e. The van der Waals surface area contributed by atoms with Crippen LogP contribution in [-0.4, -0.2) is 16.8 Å². The van der Waals surface area contributed by atoms with Crippen molar-refractivity contribution in [1.29, 1.82) is 5.41 Å². The van der Waals surface area contributed by atoms with E-state index in [9.17, 15) is 9.90 Å². The molecule has 0 heterocycles. The van der Waals surface area contributed by atoms with Crippen molar-refractivity contribution in [3.8, 4) is 5.75 Å². The molecule has 2 aromatic carbocycles. The van der Waals surface area contributed by atoms with Gasteiger partial charge in [0, 0.05) is 17.1 Å². The molecule has 0 aliphatic rings. The lowest BCUT2D eigenvalue weighted by atomic mass is 10.1. The van der Waals surface area contributed by atoms with Crippen molar-refractivity contribution < 1.29 is 9.90 Å². The van der Waals surface area contributed by atoms with Crippen LogP contribution in [0, 0.1) is 5.41 Å². The van der Waals surface area contributed by atoms with Gasteiger partial charge >= 0.3 is 0 Å². The summed E-state index contributed by atoms with van der Waals surface area (Å²) in [5, 5.41) is 20.3. The highest BCUT2D eigenvalue weighted by Crippen LogP contribution is 2.18. The highest BCUT2D eigenvalue weighted by atomic mass is 35.5. The quantitative estimate of drug-likeness (QED) is 0.515. The lowest BCUT2D eigenvalue weighted by Crippen LogP contribution is -2.23. The average molecular weight is 304 g/mol. The normalized spacial score (nSPS) is 10.1. The van der Waals surface area contributed by atoms with Gasteiger partial charge in [0.15, 0.2) is 0 Å². The van der Waals surface area contributed by atoms with Crippen LogP contribution in [0.15, 0.2) is 42.5 Å². The zero-order chi connectivity index (χ0) is 15.4. The third-order valence-electron chi connectivity index (χ3n) is 2.92. The van der Waals surface area contributed by atoms with E-state index in [4.69, 9.17) is 22.7 Å². The van der Waals surface area contributed by atoms with E-state index in [0.717, 1.165) is 5.56 Å². The van der Waals surface area contributed by atoms with Gasteiger partial charge in [-0.25, -0.2) is 0 Å². The van der Waals surface area contributed by atoms with Gasteiger partial charge in [-0.3, -0.25) is 10.2 Å². The maximum Gasteiger partial charge on any atom is 0.251 e. The standard InChI is InChI=1S/C15H14ClN3O2/c16-11-4-1-9(2-5-11)8-19-15(21)10-3-6-12(14(17)18)13(20)7-10/h1-7,20H,8H2,(H3,17,18)(H,19,21). The molecule has 0 aliphatic heterocycles. The lowest BCUT2D eigenvalue weighted by molar-refractivity contribution is 0.0950. The molecular weight excluding hydrogens is 290 g/mol. The first-order valence-electron chi connectivity index (χ1n) is 6.17. The molecule has 108 valence electrons. The van der Waals surface area contributed by atoms with Crippen molar-refractivity contribution in [2.75, 3.05) is 0 Å². The summed E-state index contributed by atoms with van der Waals surface area (Å²) < 4.78 is 0. The maximum atomic E-state index is 12.0. The number of carbonyl (C=O) groups excluding carboxylic acids is 1. The molecule has 5 nitrogen and oxygen atoms in total. The summed E-state index contributed by atoms with van der Waals surface area (Å²) in [4.78, 5) is 12.0. The highest BCUT2D eigenvalue weighted by Gasteiger charge is 2.10. The SMILES string of the molecule is N=C(N)c1ccc(C(=O)NCc2ccc(Cl)cc2)cc1O. The van der Waals surface area contributed by atoms with E-state index in [1.54, 1.807) is 12.1 Å². The zero-order valence-electron chi connectivity index (χ0n) is 11.1. The molecule has 21 heavy (non-hydrogen) atoms. The van der Waals surface area contributed by atoms with Gasteiger partial charge in [0.2, 0.25) is 0 Å². The van der Waals surface area contributed by atoms with Crippen molar-refractivity contribution >= 4 is 23.3 Å². The summed E-state index contributed by atoms with van der Waals surface area (Å²) >= 11 is 5.79. The third-order valence-corrected chi connectivity index (χ3v) is 3.17. The number of halogens is 1. The number of amidine groups is 1. The first kappa shape index (κ1) is 14.9. The van der Waals surface area contributed by atoms with Crippen molar-refractivity contribution in [2.24, 2.45) is 5.73 Å². The second kappa shape index (κ2) is 6.28. The second-order valence-corrected chi connectivity index (χ2v) is 4.89. The van der Waals surface area contributed by atoms with E-state index >= 15 is 0 Å². The molecule has 5 N–H and O–H groups in total. The van der Waals surface area contributed by atoms with Crippen LogP contribution in [-0.2, 0) is 6.54 Å². The Hall–Kier alpha value is -2.53. The van der Waals surface area contributed by atoms with Gasteiger partial charge in [-0.15, -0.1) is 0 Å². The van der Waals surface area contributed by atoms with E-state index in [0.29, 0.717) is 17.1 Å². The Labute approximate surface area is 126 Å². The molecule has 0 unspecified atom stereocenters. The Balaban J connectivity index is 2.05. The number of nitrogens with one attached hydrogen (secondary N) is 2. The van der Waals surface area contributed by atoms with Gasteiger partial charge in [0.25, 0.3) is 5.91 Å². The molecule has 0 bridgehead atoms. The van der Waals surface area contributed by atoms with Crippen LogP contribution in [0.2, 0.25) is 5.02 Å². The molecule has 0 aliphatic carbocycles. The number of carbonyl (C=O) groups is 1. The number of nitrogens with two attached hydrogens (primary N) is 1. The van der Waals surface area contributed by atoms with Crippen LogP contribution in [0.3, 0.4) is 0 Å². The molecule has 0 spiro atoms. The van der Waals surface area contributed by atoms with Gasteiger partial charge in [0.05, 0.1) is 5.56 Å². The number of benzene rings is 2. The summed E-state index contributed by atoms with van der Waals surface area (Å²) in [6.45, 7) is 0.352. The van der Waals surface area contributed by atoms with Crippen LogP contribution in [0.1, 0.15) is 21.5 Å². The number of phenols is 1. The van der Waals surface area contributed by atoms with Crippen molar-refractivity contribution in [3.63, 3.8) is 0 Å². The second-order valence-electron chi connectivity index (χ2n) is 4.45. The Kier molecular flexibility index (Phi) is 4.45. The van der Waals surface area contributed by atoms with Crippen molar-refractivity contribution in [2.45, 2.75) is 6.54 Å². The van der Waals surface area contributed by atoms with Gasteiger partial charge in [-0.05, 0) is 35.9 Å². The maximum absolute atomic E-state index is 12.0. The van der Waals surface area contributed by atoms with Crippen molar-refractivity contribution in [1.82, 2.24) is 5.32 Å². The molecule has 0 saturated carbocycles. The summed E-state index contributed by atoms with van der Waals surface area (Å²) in [5.74, 6) is -0.766. The first-order valence-corrected chi connectivity index (χ1v) is 6.55. The average Bonchev–Trinajstić information content (AvgIpc) is 2.45. The van der Waals surface area contributed by atoms with E-state index < -0.39 is 0 Å². The van der Waals surface area contributed by atoms with Crippen LogP contribution >= 0.6 is 11.6 Å². The molecule has 0 atom stereocenters. The van der Waals surface area contributed by atoms with Gasteiger partial charge in [-0.1, -0.05) is 23.7 Å². The Morgan fingerprint density at radius 2 is 1.90 bits per heavy atom. The fourth-order valence-electron chi connectivity index (χ4n) is 1.79. The summed E-state index contributed by atoms with van der Waals surface area (Å²) in [6.07, 6.45) is 0. The molecule has 2 aromatic rings. The number of hydrogen-bond acceptors (Lipinski definition) is 3. The summed E-state index contributed by atoms with van der Waals surface area (Å²) in [5.41, 5.74) is 6.71. The topological polar surface area (TPSA) is 99.2 Å². The first-order chi connectivity index (χ1) is 9.97. The van der Waals surface area contributed by atoms with E-state index in [1.165, 1.54) is 18.2 Å². The molecule has 0 fully saturated rings. The van der Waals surface area contributed by atoms with E-state index in [1.807, 2.05) is 12.1 Å². The van der Waals surface area contributed by atoms with Crippen molar-refractivity contribution in [3.05, 3.63) is 64.2 Å². The zero-order valence-corrected chi connectivity index (χ0v) is 11.8. The Morgan fingerprint density at radius 1 is 1.24 bits per heavy atom. The van der Waals surface area contributed by atoms with Gasteiger partial charge < -0.3 is 16.2 Å². The Bertz CT molecular complexity index is 684. The molecule has 6 heteroatoms. The number of nitrogen functional groups attached to an aromatic ring is 1. The molecule has 0 radical (unpaired) electrons. The lowest BCUT2D eigenvalue weighted by Gasteiger charge is -2.08. The molecule has 1 amide bonds. The van der Waals surface area contributed by atoms with Crippen LogP contribution in [0.5, 0.6) is 5.75 Å². The van der Waals surface area contributed by atoms with Crippen LogP contribution in [0.25, 0.3) is 0 Å². The number of rotatable bonds is 4. The number of aromatic hydroxyl groups is 1. The molecule has 0 saturated heterocycles. The van der Waals surface area contributed by atoms with E-state index in [2.05, 4.69) is 5.32 Å².